The van der Waals surface area contributed by atoms with Gasteiger partial charge in [-0.25, -0.2) is 0 Å². The van der Waals surface area contributed by atoms with Gasteiger partial charge in [-0.1, -0.05) is 27.7 Å². The fourth-order valence-electron chi connectivity index (χ4n) is 1.32. The van der Waals surface area contributed by atoms with E-state index in [1.165, 1.54) is 0 Å². The topological polar surface area (TPSA) is 46.3 Å². The van der Waals surface area contributed by atoms with Crippen molar-refractivity contribution in [3.8, 4) is 0 Å². The molecule has 0 fully saturated rings. The predicted octanol–water partition coefficient (Wildman–Crippen LogP) is 1.87. The third-order valence-corrected chi connectivity index (χ3v) is 2.50. The number of carbonyl (C=O) groups excluding carboxylic acids is 1. The molecule has 0 aromatic heterocycles. The zero-order valence-electron chi connectivity index (χ0n) is 10.8. The van der Waals surface area contributed by atoms with E-state index in [4.69, 9.17) is 5.73 Å². The van der Waals surface area contributed by atoms with E-state index < -0.39 is 0 Å². The molecule has 0 spiro atoms. The predicted molar refractivity (Wildman–Crippen MR) is 64.5 cm³/mol. The second-order valence-electron chi connectivity index (χ2n) is 5.68. The van der Waals surface area contributed by atoms with Gasteiger partial charge in [0.1, 0.15) is 0 Å². The van der Waals surface area contributed by atoms with Crippen LogP contribution in [0, 0.1) is 11.3 Å². The van der Waals surface area contributed by atoms with Crippen LogP contribution in [0.2, 0.25) is 0 Å². The molecule has 0 bridgehead atoms. The number of nitrogens with two attached hydrogens (primary N) is 1. The van der Waals surface area contributed by atoms with Crippen LogP contribution >= 0.6 is 0 Å². The first kappa shape index (κ1) is 14.4. The van der Waals surface area contributed by atoms with Crippen LogP contribution in [0.5, 0.6) is 0 Å². The van der Waals surface area contributed by atoms with Gasteiger partial charge >= 0.3 is 0 Å². The lowest BCUT2D eigenvalue weighted by Crippen LogP contribution is -2.33. The van der Waals surface area contributed by atoms with Gasteiger partial charge in [-0.3, -0.25) is 4.79 Å². The summed E-state index contributed by atoms with van der Waals surface area (Å²) in [5, 5.41) is 0. The van der Waals surface area contributed by atoms with E-state index in [1.807, 2.05) is 7.05 Å². The second-order valence-corrected chi connectivity index (χ2v) is 5.68. The maximum absolute atomic E-state index is 11.7. The van der Waals surface area contributed by atoms with Crippen molar-refractivity contribution in [1.29, 1.82) is 0 Å². The highest BCUT2D eigenvalue weighted by Gasteiger charge is 2.16. The Morgan fingerprint density at radius 2 is 1.93 bits per heavy atom. The van der Waals surface area contributed by atoms with E-state index in [1.54, 1.807) is 4.90 Å². The summed E-state index contributed by atoms with van der Waals surface area (Å²) in [6.45, 7) is 9.93. The quantitative estimate of drug-likeness (QED) is 0.759. The molecule has 3 heteroatoms. The number of hydrogen-bond acceptors (Lipinski definition) is 2. The largest absolute Gasteiger partial charge is 0.345 e. The fourth-order valence-corrected chi connectivity index (χ4v) is 1.32. The molecule has 15 heavy (non-hydrogen) atoms. The maximum atomic E-state index is 11.7. The molecule has 0 saturated heterocycles. The summed E-state index contributed by atoms with van der Waals surface area (Å²) in [4.78, 5) is 13.5. The molecule has 0 rings (SSSR count). The average Bonchev–Trinajstić information content (AvgIpc) is 2.12. The lowest BCUT2D eigenvalue weighted by molar-refractivity contribution is -0.130. The van der Waals surface area contributed by atoms with E-state index in [0.29, 0.717) is 18.9 Å². The third-order valence-electron chi connectivity index (χ3n) is 2.50. The van der Waals surface area contributed by atoms with Crippen molar-refractivity contribution < 1.29 is 4.79 Å². The molecule has 0 aromatic carbocycles. The Balaban J connectivity index is 3.89. The highest BCUT2D eigenvalue weighted by molar-refractivity contribution is 5.75. The fraction of sp³-hybridized carbons (Fsp3) is 0.917. The van der Waals surface area contributed by atoms with Gasteiger partial charge in [0.15, 0.2) is 0 Å². The Kier molecular flexibility index (Phi) is 5.88. The van der Waals surface area contributed by atoms with E-state index in [9.17, 15) is 4.79 Å². The molecule has 0 heterocycles. The van der Waals surface area contributed by atoms with Crippen LogP contribution in [-0.2, 0) is 4.79 Å². The molecule has 0 aliphatic rings. The van der Waals surface area contributed by atoms with Crippen LogP contribution in [0.4, 0.5) is 0 Å². The normalized spacial score (nSPS) is 13.7. The SMILES string of the molecule is CC(CN)CN(C)C(=O)CCC(C)(C)C. The van der Waals surface area contributed by atoms with Crippen molar-refractivity contribution in [2.24, 2.45) is 17.1 Å². The summed E-state index contributed by atoms with van der Waals surface area (Å²) < 4.78 is 0. The molecule has 0 aromatic rings. The second kappa shape index (κ2) is 6.11. The lowest BCUT2D eigenvalue weighted by atomic mass is 9.90. The summed E-state index contributed by atoms with van der Waals surface area (Å²) in [6, 6.07) is 0. The Labute approximate surface area is 94.0 Å². The molecule has 1 atom stereocenters. The molecule has 0 aliphatic carbocycles. The highest BCUT2D eigenvalue weighted by atomic mass is 16.2. The molecule has 0 radical (unpaired) electrons. The molecule has 3 nitrogen and oxygen atoms in total. The smallest absolute Gasteiger partial charge is 0.222 e. The van der Waals surface area contributed by atoms with E-state index in [-0.39, 0.29) is 11.3 Å². The first-order valence-corrected chi connectivity index (χ1v) is 5.70. The van der Waals surface area contributed by atoms with Crippen LogP contribution in [0.1, 0.15) is 40.5 Å². The standard InChI is InChI=1S/C12H26N2O/c1-10(8-13)9-14(5)11(15)6-7-12(2,3)4/h10H,6-9,13H2,1-5H3. The molecule has 1 unspecified atom stereocenters. The molecule has 1 amide bonds. The van der Waals surface area contributed by atoms with Crippen LogP contribution in [-0.4, -0.2) is 30.9 Å². The summed E-state index contributed by atoms with van der Waals surface area (Å²) in [5.41, 5.74) is 5.76. The van der Waals surface area contributed by atoms with Gasteiger partial charge in [-0.15, -0.1) is 0 Å². The zero-order valence-corrected chi connectivity index (χ0v) is 10.8. The molecule has 0 aliphatic heterocycles. The van der Waals surface area contributed by atoms with Crippen LogP contribution < -0.4 is 5.73 Å². The van der Waals surface area contributed by atoms with Gasteiger partial charge in [0, 0.05) is 20.0 Å². The van der Waals surface area contributed by atoms with Gasteiger partial charge in [0.2, 0.25) is 5.91 Å². The molecule has 90 valence electrons. The molecule has 0 saturated carbocycles. The number of amides is 1. The van der Waals surface area contributed by atoms with Gasteiger partial charge < -0.3 is 10.6 Å². The first-order valence-electron chi connectivity index (χ1n) is 5.70. The lowest BCUT2D eigenvalue weighted by Gasteiger charge is -2.23. The van der Waals surface area contributed by atoms with Crippen molar-refractivity contribution in [3.05, 3.63) is 0 Å². The first-order chi connectivity index (χ1) is 6.76. The van der Waals surface area contributed by atoms with Crippen molar-refractivity contribution in [2.75, 3.05) is 20.1 Å². The summed E-state index contributed by atoms with van der Waals surface area (Å²) in [5.74, 6) is 0.610. The van der Waals surface area contributed by atoms with Gasteiger partial charge in [-0.05, 0) is 24.3 Å². The Hall–Kier alpha value is -0.570. The monoisotopic (exact) mass is 214 g/mol. The number of hydrogen-bond donors (Lipinski definition) is 1. The minimum atomic E-state index is 0.227. The third kappa shape index (κ3) is 7.37. The number of carbonyl (C=O) groups is 1. The number of nitrogens with zero attached hydrogens (tertiary/aromatic N) is 1. The summed E-state index contributed by atoms with van der Waals surface area (Å²) in [7, 11) is 1.86. The van der Waals surface area contributed by atoms with Crippen molar-refractivity contribution in [3.63, 3.8) is 0 Å². The van der Waals surface area contributed by atoms with E-state index in [2.05, 4.69) is 27.7 Å². The van der Waals surface area contributed by atoms with Gasteiger partial charge in [0.25, 0.3) is 0 Å². The highest BCUT2D eigenvalue weighted by Crippen LogP contribution is 2.20. The Morgan fingerprint density at radius 1 is 1.40 bits per heavy atom. The molecule has 2 N–H and O–H groups in total. The van der Waals surface area contributed by atoms with Crippen LogP contribution in [0.15, 0.2) is 0 Å². The average molecular weight is 214 g/mol. The van der Waals surface area contributed by atoms with Crippen molar-refractivity contribution >= 4 is 5.91 Å². The molecular weight excluding hydrogens is 188 g/mol. The van der Waals surface area contributed by atoms with Gasteiger partial charge in [-0.2, -0.15) is 0 Å². The van der Waals surface area contributed by atoms with Crippen molar-refractivity contribution in [1.82, 2.24) is 4.90 Å². The maximum Gasteiger partial charge on any atom is 0.222 e. The zero-order chi connectivity index (χ0) is 12.1. The van der Waals surface area contributed by atoms with Crippen LogP contribution in [0.25, 0.3) is 0 Å². The Bertz CT molecular complexity index is 196. The Morgan fingerprint density at radius 3 is 2.33 bits per heavy atom. The van der Waals surface area contributed by atoms with Crippen LogP contribution in [0.3, 0.4) is 0 Å². The summed E-state index contributed by atoms with van der Waals surface area (Å²) >= 11 is 0. The minimum Gasteiger partial charge on any atom is -0.345 e. The van der Waals surface area contributed by atoms with E-state index >= 15 is 0 Å². The minimum absolute atomic E-state index is 0.227. The number of rotatable bonds is 5. The summed E-state index contributed by atoms with van der Waals surface area (Å²) in [6.07, 6.45) is 1.57. The molecular formula is C12H26N2O. The van der Waals surface area contributed by atoms with Crippen molar-refractivity contribution in [2.45, 2.75) is 40.5 Å². The van der Waals surface area contributed by atoms with E-state index in [0.717, 1.165) is 13.0 Å². The van der Waals surface area contributed by atoms with Gasteiger partial charge in [0.05, 0.1) is 0 Å².